The van der Waals surface area contributed by atoms with Crippen molar-refractivity contribution in [3.05, 3.63) is 70.8 Å². The molecule has 10 heteroatoms. The molecule has 10 nitrogen and oxygen atoms in total. The molecule has 34 heavy (non-hydrogen) atoms. The molecule has 174 valence electrons. The molecule has 5 rings (SSSR count). The molecule has 1 aliphatic rings. The molecule has 4 aromatic rings. The van der Waals surface area contributed by atoms with Gasteiger partial charge >= 0.3 is 0 Å². The molecule has 0 aliphatic carbocycles. The number of hydrogen-bond donors (Lipinski definition) is 1. The second-order valence-corrected chi connectivity index (χ2v) is 7.87. The minimum atomic E-state index is -0.406. The Bertz CT molecular complexity index is 1410. The zero-order valence-electron chi connectivity index (χ0n) is 18.7. The number of carbonyl (C=O) groups is 1. The van der Waals surface area contributed by atoms with Gasteiger partial charge in [-0.15, -0.1) is 0 Å². The Labute approximate surface area is 194 Å². The van der Waals surface area contributed by atoms with E-state index < -0.39 is 5.56 Å². The Morgan fingerprint density at radius 3 is 2.65 bits per heavy atom. The lowest BCUT2D eigenvalue weighted by molar-refractivity contribution is -0.122. The van der Waals surface area contributed by atoms with Gasteiger partial charge in [0.1, 0.15) is 37.4 Å². The van der Waals surface area contributed by atoms with E-state index in [-0.39, 0.29) is 18.5 Å². The summed E-state index contributed by atoms with van der Waals surface area (Å²) in [6.07, 6.45) is 1.42. The molecule has 0 spiro atoms. The van der Waals surface area contributed by atoms with Gasteiger partial charge in [0.25, 0.3) is 5.56 Å². The first-order chi connectivity index (χ1) is 16.5. The minimum absolute atomic E-state index is 0.215. The standard InChI is InChI=1S/C24H23N5O5/c1-15(17-5-8-21-22(11-17)34-10-9-33-21)26-23(30)13-28-24(31)20-12-19(27-29(20)14-25-28)16-3-6-18(32-2)7-4-16/h3-8,11-12,14-15H,9-10,13H2,1-2H3,(H,26,30)/t15-/m1/s1. The average molecular weight is 461 g/mol. The number of nitrogens with one attached hydrogen (secondary N) is 1. The summed E-state index contributed by atoms with van der Waals surface area (Å²) in [4.78, 5) is 25.6. The van der Waals surface area contributed by atoms with Crippen molar-refractivity contribution in [2.45, 2.75) is 19.5 Å². The molecule has 1 amide bonds. The van der Waals surface area contributed by atoms with E-state index >= 15 is 0 Å². The van der Waals surface area contributed by atoms with Crippen LogP contribution >= 0.6 is 0 Å². The van der Waals surface area contributed by atoms with Gasteiger partial charge in [0, 0.05) is 5.56 Å². The number of aromatic nitrogens is 4. The van der Waals surface area contributed by atoms with E-state index in [0.29, 0.717) is 35.9 Å². The minimum Gasteiger partial charge on any atom is -0.497 e. The number of benzene rings is 2. The first-order valence-electron chi connectivity index (χ1n) is 10.8. The van der Waals surface area contributed by atoms with Crippen LogP contribution in [0.3, 0.4) is 0 Å². The third-order valence-corrected chi connectivity index (χ3v) is 5.61. The Kier molecular flexibility index (Phi) is 5.62. The Balaban J connectivity index is 1.31. The molecule has 1 N–H and O–H groups in total. The fourth-order valence-electron chi connectivity index (χ4n) is 3.79. The largest absolute Gasteiger partial charge is 0.497 e. The first kappa shape index (κ1) is 21.5. The molecule has 0 fully saturated rings. The summed E-state index contributed by atoms with van der Waals surface area (Å²) in [7, 11) is 1.60. The van der Waals surface area contributed by atoms with Gasteiger partial charge in [-0.3, -0.25) is 9.59 Å². The van der Waals surface area contributed by atoms with Gasteiger partial charge in [-0.05, 0) is 55.0 Å². The molecule has 0 radical (unpaired) electrons. The average Bonchev–Trinajstić information content (AvgIpc) is 3.31. The summed E-state index contributed by atoms with van der Waals surface area (Å²) in [5, 5.41) is 11.4. The molecule has 2 aromatic carbocycles. The van der Waals surface area contributed by atoms with E-state index in [0.717, 1.165) is 21.6 Å². The van der Waals surface area contributed by atoms with Crippen molar-refractivity contribution in [2.75, 3.05) is 20.3 Å². The van der Waals surface area contributed by atoms with Crippen LogP contribution in [0.25, 0.3) is 16.8 Å². The van der Waals surface area contributed by atoms with Gasteiger partial charge in [0.2, 0.25) is 5.91 Å². The van der Waals surface area contributed by atoms with Crippen molar-refractivity contribution < 1.29 is 19.0 Å². The van der Waals surface area contributed by atoms with Crippen molar-refractivity contribution in [2.24, 2.45) is 0 Å². The number of methoxy groups -OCH3 is 1. The van der Waals surface area contributed by atoms with Gasteiger partial charge in [-0.1, -0.05) is 6.07 Å². The monoisotopic (exact) mass is 461 g/mol. The predicted octanol–water partition coefficient (Wildman–Crippen LogP) is 2.22. The van der Waals surface area contributed by atoms with Crippen LogP contribution < -0.4 is 25.1 Å². The summed E-state index contributed by atoms with van der Waals surface area (Å²) < 4.78 is 18.9. The second kappa shape index (κ2) is 8.89. The molecule has 0 saturated carbocycles. The van der Waals surface area contributed by atoms with Crippen molar-refractivity contribution in [3.8, 4) is 28.5 Å². The molecule has 0 bridgehead atoms. The zero-order valence-corrected chi connectivity index (χ0v) is 18.7. The number of rotatable bonds is 6. The lowest BCUT2D eigenvalue weighted by Gasteiger charge is -2.21. The van der Waals surface area contributed by atoms with Gasteiger partial charge in [0.15, 0.2) is 11.5 Å². The van der Waals surface area contributed by atoms with Crippen molar-refractivity contribution in [1.82, 2.24) is 24.7 Å². The molecule has 1 aliphatic heterocycles. The molecule has 0 saturated heterocycles. The predicted molar refractivity (Wildman–Crippen MR) is 123 cm³/mol. The number of hydrogen-bond acceptors (Lipinski definition) is 7. The Morgan fingerprint density at radius 1 is 1.12 bits per heavy atom. The van der Waals surface area contributed by atoms with Crippen LogP contribution in [0.1, 0.15) is 18.5 Å². The van der Waals surface area contributed by atoms with E-state index in [1.807, 2.05) is 49.4 Å². The highest BCUT2D eigenvalue weighted by molar-refractivity contribution is 5.76. The lowest BCUT2D eigenvalue weighted by Crippen LogP contribution is -2.35. The Morgan fingerprint density at radius 2 is 1.88 bits per heavy atom. The SMILES string of the molecule is COc1ccc(-c2cc3c(=O)n(CC(=O)N[C@H](C)c4ccc5c(c4)OCCO5)ncn3n2)cc1. The molecule has 1 atom stereocenters. The zero-order chi connectivity index (χ0) is 23.7. The van der Waals surface area contributed by atoms with Crippen LogP contribution in [0.15, 0.2) is 59.7 Å². The summed E-state index contributed by atoms with van der Waals surface area (Å²) >= 11 is 0. The molecular formula is C24H23N5O5. The molecule has 0 unspecified atom stereocenters. The normalized spacial score (nSPS) is 13.5. The van der Waals surface area contributed by atoms with E-state index in [9.17, 15) is 9.59 Å². The number of carbonyl (C=O) groups excluding carboxylic acids is 1. The highest BCUT2D eigenvalue weighted by atomic mass is 16.6. The topological polar surface area (TPSA) is 109 Å². The van der Waals surface area contributed by atoms with Gasteiger partial charge in [0.05, 0.1) is 18.8 Å². The van der Waals surface area contributed by atoms with Crippen LogP contribution in [-0.4, -0.2) is 45.6 Å². The Hall–Kier alpha value is -4.34. The maximum atomic E-state index is 12.9. The van der Waals surface area contributed by atoms with Gasteiger partial charge in [-0.2, -0.15) is 10.2 Å². The number of amides is 1. The fraction of sp³-hybridized carbons (Fsp3) is 0.250. The second-order valence-electron chi connectivity index (χ2n) is 7.87. The van der Waals surface area contributed by atoms with Crippen LogP contribution in [-0.2, 0) is 11.3 Å². The third kappa shape index (κ3) is 4.17. The van der Waals surface area contributed by atoms with Gasteiger partial charge < -0.3 is 19.5 Å². The van der Waals surface area contributed by atoms with Crippen LogP contribution in [0.4, 0.5) is 0 Å². The van der Waals surface area contributed by atoms with Crippen LogP contribution in [0.2, 0.25) is 0 Å². The van der Waals surface area contributed by atoms with Crippen molar-refractivity contribution in [3.63, 3.8) is 0 Å². The van der Waals surface area contributed by atoms with Crippen molar-refractivity contribution >= 4 is 11.4 Å². The molecule has 3 heterocycles. The maximum Gasteiger partial charge on any atom is 0.293 e. The maximum absolute atomic E-state index is 12.9. The summed E-state index contributed by atoms with van der Waals surface area (Å²) in [6.45, 7) is 2.65. The van der Waals surface area contributed by atoms with E-state index in [4.69, 9.17) is 14.2 Å². The van der Waals surface area contributed by atoms with Crippen molar-refractivity contribution in [1.29, 1.82) is 0 Å². The fourth-order valence-corrected chi connectivity index (χ4v) is 3.79. The number of fused-ring (bicyclic) bond motifs is 2. The summed E-state index contributed by atoms with van der Waals surface area (Å²) in [6, 6.07) is 14.3. The smallest absolute Gasteiger partial charge is 0.293 e. The summed E-state index contributed by atoms with van der Waals surface area (Å²) in [5.41, 5.74) is 2.25. The number of nitrogens with zero attached hydrogens (tertiary/aromatic N) is 4. The first-order valence-corrected chi connectivity index (χ1v) is 10.8. The quantitative estimate of drug-likeness (QED) is 0.469. The van der Waals surface area contributed by atoms with Gasteiger partial charge in [-0.25, -0.2) is 9.20 Å². The number of ether oxygens (including phenoxy) is 3. The van der Waals surface area contributed by atoms with Crippen LogP contribution in [0.5, 0.6) is 17.2 Å². The highest BCUT2D eigenvalue weighted by Crippen LogP contribution is 2.32. The summed E-state index contributed by atoms with van der Waals surface area (Å²) in [5.74, 6) is 1.73. The molecule has 2 aromatic heterocycles. The molecular weight excluding hydrogens is 438 g/mol. The van der Waals surface area contributed by atoms with E-state index in [1.54, 1.807) is 13.2 Å². The van der Waals surface area contributed by atoms with E-state index in [2.05, 4.69) is 15.5 Å². The van der Waals surface area contributed by atoms with E-state index in [1.165, 1.54) is 10.8 Å². The lowest BCUT2D eigenvalue weighted by atomic mass is 10.1. The highest BCUT2D eigenvalue weighted by Gasteiger charge is 2.17. The third-order valence-electron chi connectivity index (χ3n) is 5.61. The van der Waals surface area contributed by atoms with Crippen LogP contribution in [0, 0.1) is 0 Å².